The second kappa shape index (κ2) is 6.92. The highest BCUT2D eigenvalue weighted by Gasteiger charge is 2.35. The highest BCUT2D eigenvalue weighted by Crippen LogP contribution is 2.28. The standard InChI is InChI=1S/C16H18N4O4S/c1-3-15-18-19-16(24-15)13-10-20(7-8-23-13)25(21,22)14-6-4-5-11(2)12(14)9-17/h4-6,13H,3,7-8,10H2,1-2H3/t13-/m0/s1. The van der Waals surface area contributed by atoms with Crippen molar-refractivity contribution in [2.75, 3.05) is 19.7 Å². The molecule has 0 saturated carbocycles. The Kier molecular flexibility index (Phi) is 4.85. The second-order valence-electron chi connectivity index (χ2n) is 5.67. The van der Waals surface area contributed by atoms with Crippen LogP contribution < -0.4 is 0 Å². The molecular weight excluding hydrogens is 344 g/mol. The topological polar surface area (TPSA) is 109 Å². The van der Waals surface area contributed by atoms with Crippen molar-refractivity contribution in [2.45, 2.75) is 31.3 Å². The molecule has 0 amide bonds. The smallest absolute Gasteiger partial charge is 0.246 e. The van der Waals surface area contributed by atoms with Crippen LogP contribution in [0.2, 0.25) is 0 Å². The summed E-state index contributed by atoms with van der Waals surface area (Å²) in [5.41, 5.74) is 0.787. The highest BCUT2D eigenvalue weighted by atomic mass is 32.2. The summed E-state index contributed by atoms with van der Waals surface area (Å²) in [6, 6.07) is 6.78. The maximum Gasteiger partial charge on any atom is 0.246 e. The predicted octanol–water partition coefficient (Wildman–Crippen LogP) is 1.57. The zero-order valence-electron chi connectivity index (χ0n) is 14.0. The van der Waals surface area contributed by atoms with E-state index in [1.807, 2.05) is 13.0 Å². The summed E-state index contributed by atoms with van der Waals surface area (Å²) in [5.74, 6) is 0.741. The van der Waals surface area contributed by atoms with Crippen LogP contribution in [0, 0.1) is 18.3 Å². The maximum atomic E-state index is 13.0. The van der Waals surface area contributed by atoms with Gasteiger partial charge < -0.3 is 9.15 Å². The first-order chi connectivity index (χ1) is 12.0. The second-order valence-corrected chi connectivity index (χ2v) is 7.58. The summed E-state index contributed by atoms with van der Waals surface area (Å²) in [5, 5.41) is 17.1. The molecular formula is C16H18N4O4S. The van der Waals surface area contributed by atoms with E-state index in [4.69, 9.17) is 9.15 Å². The van der Waals surface area contributed by atoms with E-state index in [1.165, 1.54) is 10.4 Å². The van der Waals surface area contributed by atoms with Gasteiger partial charge in [0, 0.05) is 19.5 Å². The summed E-state index contributed by atoms with van der Waals surface area (Å²) in [6.07, 6.45) is -0.0250. The maximum absolute atomic E-state index is 13.0. The SMILES string of the molecule is CCc1nnc([C@@H]2CN(S(=O)(=O)c3cccc(C)c3C#N)CCO2)o1. The largest absolute Gasteiger partial charge is 0.422 e. The minimum absolute atomic E-state index is 0.00965. The Labute approximate surface area is 146 Å². The fourth-order valence-electron chi connectivity index (χ4n) is 2.67. The molecule has 1 saturated heterocycles. The van der Waals surface area contributed by atoms with E-state index >= 15 is 0 Å². The van der Waals surface area contributed by atoms with Crippen LogP contribution in [0.1, 0.15) is 35.9 Å². The Morgan fingerprint density at radius 3 is 2.88 bits per heavy atom. The van der Waals surface area contributed by atoms with Crippen LogP contribution in [0.4, 0.5) is 0 Å². The number of sulfonamides is 1. The molecule has 3 rings (SSSR count). The molecule has 9 heteroatoms. The normalized spacial score (nSPS) is 18.8. The van der Waals surface area contributed by atoms with Crippen LogP contribution in [0.5, 0.6) is 0 Å². The van der Waals surface area contributed by atoms with Gasteiger partial charge >= 0.3 is 0 Å². The Morgan fingerprint density at radius 1 is 1.40 bits per heavy atom. The van der Waals surface area contributed by atoms with Gasteiger partial charge in [0.15, 0.2) is 0 Å². The molecule has 1 aliphatic rings. The first-order valence-electron chi connectivity index (χ1n) is 7.91. The molecule has 0 aliphatic carbocycles. The average molecular weight is 362 g/mol. The van der Waals surface area contributed by atoms with Crippen LogP contribution in [0.25, 0.3) is 0 Å². The van der Waals surface area contributed by atoms with E-state index < -0.39 is 16.1 Å². The van der Waals surface area contributed by atoms with Crippen LogP contribution in [-0.2, 0) is 21.2 Å². The van der Waals surface area contributed by atoms with Crippen molar-refractivity contribution in [1.82, 2.24) is 14.5 Å². The first kappa shape index (κ1) is 17.5. The van der Waals surface area contributed by atoms with E-state index in [1.54, 1.807) is 19.1 Å². The zero-order chi connectivity index (χ0) is 18.0. The molecule has 1 aliphatic heterocycles. The lowest BCUT2D eigenvalue weighted by Gasteiger charge is -2.30. The molecule has 1 aromatic heterocycles. The number of benzene rings is 1. The van der Waals surface area contributed by atoms with Crippen molar-refractivity contribution in [3.05, 3.63) is 41.1 Å². The summed E-state index contributed by atoms with van der Waals surface area (Å²) in [7, 11) is -3.83. The van der Waals surface area contributed by atoms with Crippen LogP contribution in [0.3, 0.4) is 0 Å². The summed E-state index contributed by atoms with van der Waals surface area (Å²) in [6.45, 7) is 4.07. The van der Waals surface area contributed by atoms with Gasteiger partial charge in [-0.2, -0.15) is 9.57 Å². The summed E-state index contributed by atoms with van der Waals surface area (Å²) < 4.78 is 38.4. The van der Waals surface area contributed by atoms with Gasteiger partial charge in [-0.05, 0) is 18.6 Å². The number of aromatic nitrogens is 2. The van der Waals surface area contributed by atoms with Gasteiger partial charge in [0.1, 0.15) is 17.1 Å². The first-order valence-corrected chi connectivity index (χ1v) is 9.35. The molecule has 1 atom stereocenters. The van der Waals surface area contributed by atoms with Gasteiger partial charge in [-0.1, -0.05) is 19.1 Å². The fraction of sp³-hybridized carbons (Fsp3) is 0.438. The van der Waals surface area contributed by atoms with Crippen molar-refractivity contribution < 1.29 is 17.6 Å². The van der Waals surface area contributed by atoms with E-state index in [0.29, 0.717) is 17.9 Å². The van der Waals surface area contributed by atoms with Crippen LogP contribution in [0.15, 0.2) is 27.5 Å². The van der Waals surface area contributed by atoms with Crippen molar-refractivity contribution in [3.8, 4) is 6.07 Å². The number of ether oxygens (including phenoxy) is 1. The third-order valence-corrected chi connectivity index (χ3v) is 5.96. The molecule has 1 aromatic carbocycles. The lowest BCUT2D eigenvalue weighted by molar-refractivity contribution is -0.0178. The molecule has 0 bridgehead atoms. The minimum Gasteiger partial charge on any atom is -0.422 e. The number of hydrogen-bond acceptors (Lipinski definition) is 7. The van der Waals surface area contributed by atoms with Gasteiger partial charge in [0.25, 0.3) is 0 Å². The summed E-state index contributed by atoms with van der Waals surface area (Å²) in [4.78, 5) is 0.00965. The average Bonchev–Trinajstić information content (AvgIpc) is 3.11. The number of morpholine rings is 1. The molecule has 2 heterocycles. The molecule has 2 aromatic rings. The number of nitrogens with zero attached hydrogens (tertiary/aromatic N) is 4. The van der Waals surface area contributed by atoms with E-state index in [2.05, 4.69) is 10.2 Å². The van der Waals surface area contributed by atoms with Crippen LogP contribution >= 0.6 is 0 Å². The van der Waals surface area contributed by atoms with Crippen molar-refractivity contribution in [1.29, 1.82) is 5.26 Å². The van der Waals surface area contributed by atoms with Gasteiger partial charge in [0.05, 0.1) is 12.2 Å². The molecule has 0 unspecified atom stereocenters. The number of rotatable bonds is 4. The molecule has 132 valence electrons. The minimum atomic E-state index is -3.83. The lowest BCUT2D eigenvalue weighted by atomic mass is 10.1. The van der Waals surface area contributed by atoms with E-state index in [9.17, 15) is 13.7 Å². The molecule has 0 N–H and O–H groups in total. The monoisotopic (exact) mass is 362 g/mol. The van der Waals surface area contributed by atoms with Crippen molar-refractivity contribution >= 4 is 10.0 Å². The molecule has 25 heavy (non-hydrogen) atoms. The van der Waals surface area contributed by atoms with Crippen molar-refractivity contribution in [2.24, 2.45) is 0 Å². The number of hydrogen-bond donors (Lipinski definition) is 0. The number of aryl methyl sites for hydroxylation is 2. The Bertz CT molecular complexity index is 916. The van der Waals surface area contributed by atoms with Crippen LogP contribution in [-0.4, -0.2) is 42.6 Å². The Morgan fingerprint density at radius 2 is 2.20 bits per heavy atom. The third kappa shape index (κ3) is 3.28. The lowest BCUT2D eigenvalue weighted by Crippen LogP contribution is -2.42. The molecule has 0 spiro atoms. The van der Waals surface area contributed by atoms with Gasteiger partial charge in [-0.3, -0.25) is 0 Å². The van der Waals surface area contributed by atoms with Crippen molar-refractivity contribution in [3.63, 3.8) is 0 Å². The van der Waals surface area contributed by atoms with E-state index in [-0.39, 0.29) is 36.0 Å². The van der Waals surface area contributed by atoms with Gasteiger partial charge in [-0.15, -0.1) is 10.2 Å². The third-order valence-electron chi connectivity index (χ3n) is 4.05. The highest BCUT2D eigenvalue weighted by molar-refractivity contribution is 7.89. The van der Waals surface area contributed by atoms with Gasteiger partial charge in [0.2, 0.25) is 21.8 Å². The van der Waals surface area contributed by atoms with Gasteiger partial charge in [-0.25, -0.2) is 8.42 Å². The number of nitriles is 1. The molecule has 8 nitrogen and oxygen atoms in total. The molecule has 0 radical (unpaired) electrons. The summed E-state index contributed by atoms with van der Waals surface area (Å²) >= 11 is 0. The Balaban J connectivity index is 1.90. The quantitative estimate of drug-likeness (QED) is 0.812. The molecule has 1 fully saturated rings. The predicted molar refractivity (Wildman–Crippen MR) is 87.0 cm³/mol. The fourth-order valence-corrected chi connectivity index (χ4v) is 4.31. The zero-order valence-corrected chi connectivity index (χ0v) is 14.8. The Hall–Kier alpha value is -2.28. The van der Waals surface area contributed by atoms with E-state index in [0.717, 1.165) is 0 Å².